The monoisotopic (exact) mass is 268 g/mol. The van der Waals surface area contributed by atoms with Gasteiger partial charge >= 0.3 is 0 Å². The SMILES string of the molecule is COC1(C)CCCN(Cc2cc(N)ccc2Cl)C1. The van der Waals surface area contributed by atoms with Gasteiger partial charge in [0.25, 0.3) is 0 Å². The van der Waals surface area contributed by atoms with E-state index in [1.807, 2.05) is 18.2 Å². The minimum Gasteiger partial charge on any atom is -0.399 e. The molecular formula is C14H21ClN2O. The number of nitrogens with two attached hydrogens (primary N) is 1. The first-order valence-corrected chi connectivity index (χ1v) is 6.72. The second-order valence-corrected chi connectivity index (χ2v) is 5.73. The van der Waals surface area contributed by atoms with Crippen molar-refractivity contribution in [2.75, 3.05) is 25.9 Å². The van der Waals surface area contributed by atoms with Crippen molar-refractivity contribution in [2.24, 2.45) is 0 Å². The number of methoxy groups -OCH3 is 1. The first kappa shape index (κ1) is 13.7. The average molecular weight is 269 g/mol. The van der Waals surface area contributed by atoms with Crippen molar-refractivity contribution in [2.45, 2.75) is 31.9 Å². The number of ether oxygens (including phenoxy) is 1. The number of nitrogens with zero attached hydrogens (tertiary/aromatic N) is 1. The lowest BCUT2D eigenvalue weighted by Crippen LogP contribution is -2.46. The first-order valence-electron chi connectivity index (χ1n) is 6.34. The molecule has 1 atom stereocenters. The summed E-state index contributed by atoms with van der Waals surface area (Å²) in [6, 6.07) is 5.66. The van der Waals surface area contributed by atoms with E-state index in [9.17, 15) is 0 Å². The molecule has 1 heterocycles. The zero-order valence-electron chi connectivity index (χ0n) is 11.1. The fourth-order valence-electron chi connectivity index (χ4n) is 2.57. The predicted molar refractivity (Wildman–Crippen MR) is 75.8 cm³/mol. The van der Waals surface area contributed by atoms with Gasteiger partial charge in [0.2, 0.25) is 0 Å². The second kappa shape index (κ2) is 5.47. The molecule has 4 heteroatoms. The summed E-state index contributed by atoms with van der Waals surface area (Å²) in [6.45, 7) is 5.03. The van der Waals surface area contributed by atoms with Crippen molar-refractivity contribution >= 4 is 17.3 Å². The number of hydrogen-bond acceptors (Lipinski definition) is 3. The molecular weight excluding hydrogens is 248 g/mol. The topological polar surface area (TPSA) is 38.5 Å². The van der Waals surface area contributed by atoms with E-state index in [2.05, 4.69) is 11.8 Å². The van der Waals surface area contributed by atoms with Crippen molar-refractivity contribution in [3.8, 4) is 0 Å². The third-order valence-corrected chi connectivity index (χ3v) is 4.06. The number of rotatable bonds is 3. The molecule has 0 saturated carbocycles. The van der Waals surface area contributed by atoms with Crippen LogP contribution in [0.3, 0.4) is 0 Å². The van der Waals surface area contributed by atoms with E-state index < -0.39 is 0 Å². The van der Waals surface area contributed by atoms with Crippen LogP contribution in [0.5, 0.6) is 0 Å². The van der Waals surface area contributed by atoms with E-state index in [4.69, 9.17) is 22.1 Å². The fraction of sp³-hybridized carbons (Fsp3) is 0.571. The Labute approximate surface area is 114 Å². The maximum Gasteiger partial charge on any atom is 0.0777 e. The predicted octanol–water partition coefficient (Wildman–Crippen LogP) is 2.92. The second-order valence-electron chi connectivity index (χ2n) is 5.32. The summed E-state index contributed by atoms with van der Waals surface area (Å²) in [5.74, 6) is 0. The molecule has 1 saturated heterocycles. The zero-order chi connectivity index (χ0) is 13.2. The molecule has 1 aliphatic heterocycles. The molecule has 0 bridgehead atoms. The molecule has 1 unspecified atom stereocenters. The minimum atomic E-state index is -0.0367. The standard InChI is InChI=1S/C14H21ClN2O/c1-14(18-2)6-3-7-17(10-14)9-11-8-12(16)4-5-13(11)15/h4-5,8H,3,6-7,9-10,16H2,1-2H3. The third kappa shape index (κ3) is 3.16. The van der Waals surface area contributed by atoms with Gasteiger partial charge in [0.15, 0.2) is 0 Å². The molecule has 1 aromatic rings. The van der Waals surface area contributed by atoms with Crippen molar-refractivity contribution in [1.29, 1.82) is 0 Å². The van der Waals surface area contributed by atoms with Crippen molar-refractivity contribution in [1.82, 2.24) is 4.90 Å². The third-order valence-electron chi connectivity index (χ3n) is 3.69. The van der Waals surface area contributed by atoms with Crippen LogP contribution in [0.15, 0.2) is 18.2 Å². The van der Waals surface area contributed by atoms with Gasteiger partial charge in [0.1, 0.15) is 0 Å². The highest BCUT2D eigenvalue weighted by atomic mass is 35.5. The molecule has 100 valence electrons. The summed E-state index contributed by atoms with van der Waals surface area (Å²) in [5.41, 5.74) is 7.63. The van der Waals surface area contributed by atoms with Gasteiger partial charge in [0.05, 0.1) is 5.60 Å². The number of nitrogen functional groups attached to an aromatic ring is 1. The normalized spacial score (nSPS) is 25.3. The van der Waals surface area contributed by atoms with Crippen LogP contribution in [-0.4, -0.2) is 30.7 Å². The molecule has 3 nitrogen and oxygen atoms in total. The number of likely N-dealkylation sites (tertiary alicyclic amines) is 1. The van der Waals surface area contributed by atoms with E-state index in [-0.39, 0.29) is 5.60 Å². The Morgan fingerprint density at radius 2 is 2.28 bits per heavy atom. The van der Waals surface area contributed by atoms with Gasteiger partial charge in [-0.05, 0) is 50.1 Å². The van der Waals surface area contributed by atoms with Gasteiger partial charge in [-0.1, -0.05) is 11.6 Å². The molecule has 0 radical (unpaired) electrons. The van der Waals surface area contributed by atoms with Crippen molar-refractivity contribution < 1.29 is 4.74 Å². The van der Waals surface area contributed by atoms with Crippen LogP contribution in [-0.2, 0) is 11.3 Å². The van der Waals surface area contributed by atoms with Crippen LogP contribution >= 0.6 is 11.6 Å². The lowest BCUT2D eigenvalue weighted by Gasteiger charge is -2.39. The number of hydrogen-bond donors (Lipinski definition) is 1. The van der Waals surface area contributed by atoms with Gasteiger partial charge in [-0.3, -0.25) is 4.90 Å². The van der Waals surface area contributed by atoms with Crippen molar-refractivity contribution in [3.63, 3.8) is 0 Å². The number of piperidine rings is 1. The molecule has 1 aromatic carbocycles. The van der Waals surface area contributed by atoms with E-state index in [1.54, 1.807) is 7.11 Å². The van der Waals surface area contributed by atoms with Crippen LogP contribution in [0.25, 0.3) is 0 Å². The zero-order valence-corrected chi connectivity index (χ0v) is 11.8. The average Bonchev–Trinajstić information content (AvgIpc) is 2.34. The highest BCUT2D eigenvalue weighted by Crippen LogP contribution is 2.27. The quantitative estimate of drug-likeness (QED) is 0.857. The lowest BCUT2D eigenvalue weighted by molar-refractivity contribution is -0.0526. The maximum atomic E-state index is 6.21. The van der Waals surface area contributed by atoms with Crippen LogP contribution < -0.4 is 5.73 Å². The van der Waals surface area contributed by atoms with Crippen LogP contribution in [0.1, 0.15) is 25.3 Å². The Morgan fingerprint density at radius 3 is 3.00 bits per heavy atom. The maximum absolute atomic E-state index is 6.21. The van der Waals surface area contributed by atoms with Gasteiger partial charge in [-0.15, -0.1) is 0 Å². The Bertz CT molecular complexity index is 424. The summed E-state index contributed by atoms with van der Waals surface area (Å²) in [6.07, 6.45) is 2.27. The molecule has 0 spiro atoms. The molecule has 18 heavy (non-hydrogen) atoms. The van der Waals surface area contributed by atoms with Gasteiger partial charge in [-0.25, -0.2) is 0 Å². The van der Waals surface area contributed by atoms with Gasteiger partial charge < -0.3 is 10.5 Å². The van der Waals surface area contributed by atoms with Crippen LogP contribution in [0.2, 0.25) is 5.02 Å². The van der Waals surface area contributed by atoms with E-state index in [0.29, 0.717) is 0 Å². The molecule has 2 rings (SSSR count). The molecule has 1 aliphatic rings. The summed E-state index contributed by atoms with van der Waals surface area (Å²) < 4.78 is 5.60. The summed E-state index contributed by atoms with van der Waals surface area (Å²) in [5, 5.41) is 0.786. The van der Waals surface area contributed by atoms with Crippen molar-refractivity contribution in [3.05, 3.63) is 28.8 Å². The Kier molecular flexibility index (Phi) is 4.15. The smallest absolute Gasteiger partial charge is 0.0777 e. The van der Waals surface area contributed by atoms with Gasteiger partial charge in [-0.2, -0.15) is 0 Å². The molecule has 2 N–H and O–H groups in total. The largest absolute Gasteiger partial charge is 0.399 e. The number of halogens is 1. The highest BCUT2D eigenvalue weighted by molar-refractivity contribution is 6.31. The highest BCUT2D eigenvalue weighted by Gasteiger charge is 2.30. The summed E-state index contributed by atoms with van der Waals surface area (Å²) in [7, 11) is 1.79. The van der Waals surface area contributed by atoms with E-state index in [1.165, 1.54) is 0 Å². The Hall–Kier alpha value is -0.770. The Balaban J connectivity index is 2.07. The summed E-state index contributed by atoms with van der Waals surface area (Å²) >= 11 is 6.21. The Morgan fingerprint density at radius 1 is 1.50 bits per heavy atom. The molecule has 0 aromatic heterocycles. The van der Waals surface area contributed by atoms with E-state index in [0.717, 1.165) is 48.7 Å². The molecule has 0 amide bonds. The number of anilines is 1. The lowest BCUT2D eigenvalue weighted by atomic mass is 9.94. The molecule has 1 fully saturated rings. The fourth-order valence-corrected chi connectivity index (χ4v) is 2.74. The molecule has 0 aliphatic carbocycles. The van der Waals surface area contributed by atoms with Crippen LogP contribution in [0, 0.1) is 0 Å². The number of benzene rings is 1. The van der Waals surface area contributed by atoms with Gasteiger partial charge in [0, 0.05) is 30.9 Å². The van der Waals surface area contributed by atoms with Crippen LogP contribution in [0.4, 0.5) is 5.69 Å². The first-order chi connectivity index (χ1) is 8.52. The minimum absolute atomic E-state index is 0.0367. The summed E-state index contributed by atoms with van der Waals surface area (Å²) in [4.78, 5) is 2.38. The van der Waals surface area contributed by atoms with E-state index >= 15 is 0 Å².